The van der Waals surface area contributed by atoms with E-state index in [2.05, 4.69) is 9.71 Å². The quantitative estimate of drug-likeness (QED) is 0.893. The third kappa shape index (κ3) is 3.28. The molecule has 0 saturated carbocycles. The molecule has 23 heavy (non-hydrogen) atoms. The SMILES string of the molecule is COc1ccc(OC)c(S(=O)(=O)Nc2nc3c(s2)CCCC3)c1. The Morgan fingerprint density at radius 2 is 1.96 bits per heavy atom. The Bertz CT molecular complexity index is 791. The van der Waals surface area contributed by atoms with Crippen LogP contribution in [0.3, 0.4) is 0 Å². The highest BCUT2D eigenvalue weighted by Crippen LogP contribution is 2.33. The first-order valence-electron chi connectivity index (χ1n) is 7.27. The molecule has 0 radical (unpaired) electrons. The van der Waals surface area contributed by atoms with Gasteiger partial charge in [0.1, 0.15) is 16.4 Å². The maximum Gasteiger partial charge on any atom is 0.267 e. The number of ether oxygens (including phenoxy) is 2. The first kappa shape index (κ1) is 16.1. The van der Waals surface area contributed by atoms with E-state index in [0.717, 1.165) is 31.4 Å². The minimum Gasteiger partial charge on any atom is -0.497 e. The summed E-state index contributed by atoms with van der Waals surface area (Å²) >= 11 is 1.41. The van der Waals surface area contributed by atoms with Crippen LogP contribution in [-0.4, -0.2) is 27.6 Å². The van der Waals surface area contributed by atoms with Crippen LogP contribution < -0.4 is 14.2 Å². The summed E-state index contributed by atoms with van der Waals surface area (Å²) in [4.78, 5) is 5.62. The molecule has 0 bridgehead atoms. The van der Waals surface area contributed by atoms with E-state index in [4.69, 9.17) is 9.47 Å². The fourth-order valence-electron chi connectivity index (χ4n) is 2.56. The van der Waals surface area contributed by atoms with Crippen LogP contribution in [0.5, 0.6) is 11.5 Å². The number of aryl methyl sites for hydroxylation is 2. The van der Waals surface area contributed by atoms with Gasteiger partial charge in [0.15, 0.2) is 5.13 Å². The van der Waals surface area contributed by atoms with Crippen molar-refractivity contribution in [3.05, 3.63) is 28.8 Å². The van der Waals surface area contributed by atoms with Gasteiger partial charge in [0.25, 0.3) is 10.0 Å². The van der Waals surface area contributed by atoms with Crippen LogP contribution in [0, 0.1) is 0 Å². The van der Waals surface area contributed by atoms with E-state index in [1.165, 1.54) is 36.5 Å². The van der Waals surface area contributed by atoms with Gasteiger partial charge in [-0.2, -0.15) is 0 Å². The lowest BCUT2D eigenvalue weighted by Gasteiger charge is -2.11. The molecule has 2 aromatic rings. The van der Waals surface area contributed by atoms with E-state index >= 15 is 0 Å². The van der Waals surface area contributed by atoms with Crippen molar-refractivity contribution >= 4 is 26.5 Å². The van der Waals surface area contributed by atoms with E-state index in [0.29, 0.717) is 10.9 Å². The average molecular weight is 354 g/mol. The zero-order valence-corrected chi connectivity index (χ0v) is 14.6. The van der Waals surface area contributed by atoms with Gasteiger partial charge in [-0.3, -0.25) is 4.72 Å². The zero-order chi connectivity index (χ0) is 16.4. The molecule has 0 aliphatic heterocycles. The van der Waals surface area contributed by atoms with Crippen molar-refractivity contribution in [2.45, 2.75) is 30.6 Å². The van der Waals surface area contributed by atoms with Gasteiger partial charge in [-0.1, -0.05) is 0 Å². The highest BCUT2D eigenvalue weighted by molar-refractivity contribution is 7.93. The maximum absolute atomic E-state index is 12.7. The standard InChI is InChI=1S/C15H18N2O4S2/c1-20-10-7-8-12(21-2)14(9-10)23(18,19)17-15-16-11-5-3-4-6-13(11)22-15/h7-9H,3-6H2,1-2H3,(H,16,17). The normalized spacial score (nSPS) is 14.2. The summed E-state index contributed by atoms with van der Waals surface area (Å²) < 4.78 is 38.2. The highest BCUT2D eigenvalue weighted by atomic mass is 32.2. The minimum absolute atomic E-state index is 0.0347. The molecule has 0 amide bonds. The molecule has 1 heterocycles. The fraction of sp³-hybridized carbons (Fsp3) is 0.400. The van der Waals surface area contributed by atoms with Crippen molar-refractivity contribution in [3.63, 3.8) is 0 Å². The van der Waals surface area contributed by atoms with Gasteiger partial charge in [0, 0.05) is 10.9 Å². The van der Waals surface area contributed by atoms with E-state index in [1.807, 2.05) is 0 Å². The van der Waals surface area contributed by atoms with E-state index < -0.39 is 10.0 Å². The van der Waals surface area contributed by atoms with Crippen LogP contribution in [0.4, 0.5) is 5.13 Å². The smallest absolute Gasteiger partial charge is 0.267 e. The summed E-state index contributed by atoms with van der Waals surface area (Å²) in [6, 6.07) is 4.66. The Hall–Kier alpha value is -1.80. The predicted molar refractivity (Wildman–Crippen MR) is 89.1 cm³/mol. The summed E-state index contributed by atoms with van der Waals surface area (Å²) in [5.74, 6) is 0.712. The molecule has 1 aliphatic carbocycles. The number of rotatable bonds is 5. The molecule has 0 saturated heterocycles. The van der Waals surface area contributed by atoms with Crippen LogP contribution in [0.2, 0.25) is 0 Å². The molecule has 8 heteroatoms. The second kappa shape index (κ2) is 6.37. The Morgan fingerprint density at radius 3 is 2.65 bits per heavy atom. The third-order valence-electron chi connectivity index (χ3n) is 3.73. The summed E-state index contributed by atoms with van der Waals surface area (Å²) in [5.41, 5.74) is 1.01. The average Bonchev–Trinajstić information content (AvgIpc) is 2.95. The largest absolute Gasteiger partial charge is 0.497 e. The van der Waals surface area contributed by atoms with Gasteiger partial charge in [-0.25, -0.2) is 13.4 Å². The minimum atomic E-state index is -3.80. The lowest BCUT2D eigenvalue weighted by molar-refractivity contribution is 0.392. The summed E-state index contributed by atoms with van der Waals surface area (Å²) in [7, 11) is -0.875. The topological polar surface area (TPSA) is 77.5 Å². The second-order valence-electron chi connectivity index (χ2n) is 5.22. The molecule has 0 spiro atoms. The molecule has 0 unspecified atom stereocenters. The monoisotopic (exact) mass is 354 g/mol. The van der Waals surface area contributed by atoms with Crippen LogP contribution in [0.1, 0.15) is 23.4 Å². The van der Waals surface area contributed by atoms with Crippen molar-refractivity contribution in [2.24, 2.45) is 0 Å². The molecule has 1 N–H and O–H groups in total. The molecule has 3 rings (SSSR count). The molecular weight excluding hydrogens is 336 g/mol. The Morgan fingerprint density at radius 1 is 1.17 bits per heavy atom. The Balaban J connectivity index is 1.94. The molecule has 124 valence electrons. The van der Waals surface area contributed by atoms with Crippen LogP contribution in [0.25, 0.3) is 0 Å². The van der Waals surface area contributed by atoms with Crippen molar-refractivity contribution in [1.29, 1.82) is 0 Å². The first-order valence-corrected chi connectivity index (χ1v) is 9.57. The number of methoxy groups -OCH3 is 2. The van der Waals surface area contributed by atoms with E-state index in [9.17, 15) is 8.42 Å². The zero-order valence-electron chi connectivity index (χ0n) is 13.0. The van der Waals surface area contributed by atoms with E-state index in [-0.39, 0.29) is 10.6 Å². The Labute approximate surface area is 139 Å². The van der Waals surface area contributed by atoms with Gasteiger partial charge < -0.3 is 9.47 Å². The number of fused-ring (bicyclic) bond motifs is 1. The molecular formula is C15H18N2O4S2. The first-order chi connectivity index (χ1) is 11.0. The number of benzene rings is 1. The van der Waals surface area contributed by atoms with Crippen molar-refractivity contribution < 1.29 is 17.9 Å². The summed E-state index contributed by atoms with van der Waals surface area (Å²) in [5, 5.41) is 0.404. The van der Waals surface area contributed by atoms with Crippen molar-refractivity contribution in [1.82, 2.24) is 4.98 Å². The maximum atomic E-state index is 12.7. The molecule has 0 fully saturated rings. The number of hydrogen-bond donors (Lipinski definition) is 1. The van der Waals surface area contributed by atoms with E-state index in [1.54, 1.807) is 12.1 Å². The summed E-state index contributed by atoms with van der Waals surface area (Å²) in [6.07, 6.45) is 4.12. The number of thiazole rings is 1. The lowest BCUT2D eigenvalue weighted by atomic mass is 10.0. The van der Waals surface area contributed by atoms with Gasteiger partial charge in [-0.15, -0.1) is 11.3 Å². The van der Waals surface area contributed by atoms with Gasteiger partial charge >= 0.3 is 0 Å². The molecule has 6 nitrogen and oxygen atoms in total. The number of anilines is 1. The van der Waals surface area contributed by atoms with Crippen molar-refractivity contribution in [3.8, 4) is 11.5 Å². The van der Waals surface area contributed by atoms with Crippen molar-refractivity contribution in [2.75, 3.05) is 18.9 Å². The molecule has 1 aromatic heterocycles. The number of nitrogens with one attached hydrogen (secondary N) is 1. The molecule has 1 aliphatic rings. The van der Waals surface area contributed by atoms with Crippen LogP contribution >= 0.6 is 11.3 Å². The predicted octanol–water partition coefficient (Wildman–Crippen LogP) is 2.84. The van der Waals surface area contributed by atoms with Gasteiger partial charge in [-0.05, 0) is 37.8 Å². The highest BCUT2D eigenvalue weighted by Gasteiger charge is 2.23. The van der Waals surface area contributed by atoms with Gasteiger partial charge in [0.05, 0.1) is 19.9 Å². The summed E-state index contributed by atoms with van der Waals surface area (Å²) in [6.45, 7) is 0. The number of sulfonamides is 1. The van der Waals surface area contributed by atoms with Crippen LogP contribution in [-0.2, 0) is 22.9 Å². The number of nitrogens with zero attached hydrogens (tertiary/aromatic N) is 1. The lowest BCUT2D eigenvalue weighted by Crippen LogP contribution is -2.14. The molecule has 1 aromatic carbocycles. The number of hydrogen-bond acceptors (Lipinski definition) is 6. The van der Waals surface area contributed by atoms with Crippen LogP contribution in [0.15, 0.2) is 23.1 Å². The van der Waals surface area contributed by atoms with Gasteiger partial charge in [0.2, 0.25) is 0 Å². The Kier molecular flexibility index (Phi) is 4.45. The molecule has 0 atom stereocenters. The number of aromatic nitrogens is 1. The second-order valence-corrected chi connectivity index (χ2v) is 7.95. The third-order valence-corrected chi connectivity index (χ3v) is 6.29. The fourth-order valence-corrected chi connectivity index (χ4v) is 5.03.